The molecule has 310 valence electrons. The molecule has 6 heterocycles. The fourth-order valence-electron chi connectivity index (χ4n) is 9.69. The Kier molecular flexibility index (Phi) is 9.61. The SMILES string of the molecule is Nc1cc(OCC2CC2)c(NC(=O)c2cnn3cccnc23)cc1C=NC1CCN(C2CCC3(CC2)CN(c2ccc4c(c2)C(=O)N(C2CCC(=O)NC2=O)C4=O)C3)CC1. The molecule has 2 aromatic heterocycles. The van der Waals surface area contributed by atoms with Gasteiger partial charge in [0.25, 0.3) is 17.7 Å². The highest BCUT2D eigenvalue weighted by Crippen LogP contribution is 2.47. The minimum Gasteiger partial charge on any atom is -0.491 e. The zero-order valence-electron chi connectivity index (χ0n) is 33.3. The third kappa shape index (κ3) is 7.16. The molecule has 10 rings (SSSR count). The minimum atomic E-state index is -0.969. The van der Waals surface area contributed by atoms with E-state index >= 15 is 0 Å². The lowest BCUT2D eigenvalue weighted by molar-refractivity contribution is -0.136. The Balaban J connectivity index is 0.723. The fourth-order valence-corrected chi connectivity index (χ4v) is 9.69. The molecular formula is C44H48N10O6. The fraction of sp³-hybridized carbons (Fsp3) is 0.455. The number of aromatic nitrogens is 3. The van der Waals surface area contributed by atoms with Gasteiger partial charge < -0.3 is 25.6 Å². The van der Waals surface area contributed by atoms with E-state index in [0.29, 0.717) is 58.0 Å². The standard InChI is InChI=1S/C44H48N10O6/c45-34-20-37(60-23-26-2-3-26)35(49-40(56)33-22-48-53-15-1-14-46-39(33)53)18-27(34)21-47-28-10-16-51(17-11-28)29-8-12-44(13-9-29)24-52(25-44)30-4-5-31-32(19-30)43(59)54(42(31)58)36-6-7-38(55)50-41(36)57/h1,4-5,14-15,18-22,26,28-29,36H,2-3,6-13,16-17,23-25,45H2,(H,49,56)(H,50,55,57). The number of benzene rings is 2. The van der Waals surface area contributed by atoms with Crippen LogP contribution in [0.3, 0.4) is 0 Å². The van der Waals surface area contributed by atoms with E-state index in [-0.39, 0.29) is 36.1 Å². The second-order valence-electron chi connectivity index (χ2n) is 17.4. The van der Waals surface area contributed by atoms with E-state index in [9.17, 15) is 24.0 Å². The quantitative estimate of drug-likeness (QED) is 0.119. The number of piperidine rings is 2. The number of carbonyl (C=O) groups excluding carboxylic acids is 5. The van der Waals surface area contributed by atoms with Gasteiger partial charge >= 0.3 is 0 Å². The van der Waals surface area contributed by atoms with Gasteiger partial charge in [-0.3, -0.25) is 39.2 Å². The number of carbonyl (C=O) groups is 5. The predicted octanol–water partition coefficient (Wildman–Crippen LogP) is 4.09. The summed E-state index contributed by atoms with van der Waals surface area (Å²) in [6.45, 7) is 4.37. The predicted molar refractivity (Wildman–Crippen MR) is 222 cm³/mol. The summed E-state index contributed by atoms with van der Waals surface area (Å²) < 4.78 is 7.70. The molecule has 5 amide bonds. The smallest absolute Gasteiger partial charge is 0.262 e. The van der Waals surface area contributed by atoms with Crippen molar-refractivity contribution in [2.24, 2.45) is 16.3 Å². The molecule has 1 atom stereocenters. The second-order valence-corrected chi connectivity index (χ2v) is 17.4. The average Bonchev–Trinajstić information content (AvgIpc) is 3.92. The highest BCUT2D eigenvalue weighted by atomic mass is 16.5. The number of hydrogen-bond acceptors (Lipinski definition) is 12. The van der Waals surface area contributed by atoms with E-state index < -0.39 is 23.8 Å². The van der Waals surface area contributed by atoms with E-state index in [1.807, 2.05) is 18.3 Å². The molecule has 5 fully saturated rings. The van der Waals surface area contributed by atoms with E-state index in [2.05, 4.69) is 30.5 Å². The number of anilines is 3. The number of nitrogen functional groups attached to an aromatic ring is 1. The number of nitrogens with zero attached hydrogens (tertiary/aromatic N) is 7. The molecule has 2 saturated carbocycles. The highest BCUT2D eigenvalue weighted by molar-refractivity contribution is 6.23. The first-order valence-electron chi connectivity index (χ1n) is 21.2. The van der Waals surface area contributed by atoms with Crippen LogP contribution in [0.1, 0.15) is 101 Å². The van der Waals surface area contributed by atoms with Crippen LogP contribution in [-0.2, 0) is 9.59 Å². The molecule has 0 radical (unpaired) electrons. The van der Waals surface area contributed by atoms with Crippen molar-refractivity contribution in [3.05, 3.63) is 77.2 Å². The molecule has 2 aliphatic carbocycles. The monoisotopic (exact) mass is 812 g/mol. The third-order valence-corrected chi connectivity index (χ3v) is 13.4. The molecule has 2 aromatic carbocycles. The van der Waals surface area contributed by atoms with Crippen LogP contribution in [0.4, 0.5) is 17.1 Å². The van der Waals surface area contributed by atoms with E-state index in [0.717, 1.165) is 93.7 Å². The summed E-state index contributed by atoms with van der Waals surface area (Å²) in [4.78, 5) is 79.3. The molecular weight excluding hydrogens is 765 g/mol. The molecule has 16 heteroatoms. The molecule has 4 aliphatic heterocycles. The van der Waals surface area contributed by atoms with Crippen LogP contribution in [0.25, 0.3) is 5.65 Å². The molecule has 6 aliphatic rings. The van der Waals surface area contributed by atoms with E-state index in [4.69, 9.17) is 15.5 Å². The zero-order chi connectivity index (χ0) is 41.1. The lowest BCUT2D eigenvalue weighted by Gasteiger charge is -2.55. The summed E-state index contributed by atoms with van der Waals surface area (Å²) >= 11 is 0. The number of rotatable bonds is 10. The van der Waals surface area contributed by atoms with Crippen LogP contribution in [0.2, 0.25) is 0 Å². The van der Waals surface area contributed by atoms with Gasteiger partial charge in [0, 0.05) is 85.7 Å². The lowest BCUT2D eigenvalue weighted by atomic mass is 9.67. The van der Waals surface area contributed by atoms with Crippen molar-refractivity contribution in [2.45, 2.75) is 82.3 Å². The number of hydrogen-bond donors (Lipinski definition) is 3. The van der Waals surface area contributed by atoms with Crippen molar-refractivity contribution in [2.75, 3.05) is 48.7 Å². The number of imide groups is 2. The first-order chi connectivity index (χ1) is 29.1. The molecule has 1 unspecified atom stereocenters. The molecule has 4 aromatic rings. The van der Waals surface area contributed by atoms with Gasteiger partial charge in [-0.25, -0.2) is 9.50 Å². The number of likely N-dealkylation sites (tertiary alicyclic amines) is 1. The maximum atomic E-state index is 13.4. The van der Waals surface area contributed by atoms with Gasteiger partial charge in [-0.1, -0.05) is 0 Å². The van der Waals surface area contributed by atoms with Gasteiger partial charge in [0.2, 0.25) is 11.8 Å². The summed E-state index contributed by atoms with van der Waals surface area (Å²) in [6.07, 6.45) is 15.7. The number of nitrogens with one attached hydrogen (secondary N) is 2. The summed E-state index contributed by atoms with van der Waals surface area (Å²) in [5.41, 5.74) is 10.9. The molecule has 16 nitrogen and oxygen atoms in total. The van der Waals surface area contributed by atoms with E-state index in [1.54, 1.807) is 41.2 Å². The summed E-state index contributed by atoms with van der Waals surface area (Å²) in [6, 6.07) is 10.5. The molecule has 1 spiro atoms. The van der Waals surface area contributed by atoms with Gasteiger partial charge in [0.15, 0.2) is 5.65 Å². The van der Waals surface area contributed by atoms with Gasteiger partial charge in [-0.05, 0) is 94.0 Å². The number of ether oxygens (including phenoxy) is 1. The van der Waals surface area contributed by atoms with Crippen LogP contribution in [0.15, 0.2) is 60.0 Å². The summed E-state index contributed by atoms with van der Waals surface area (Å²) in [7, 11) is 0. The van der Waals surface area contributed by atoms with E-state index in [1.165, 1.54) is 6.20 Å². The van der Waals surface area contributed by atoms with Crippen molar-refractivity contribution in [1.29, 1.82) is 0 Å². The van der Waals surface area contributed by atoms with Gasteiger partial charge in [-0.2, -0.15) is 5.10 Å². The second kappa shape index (κ2) is 15.1. The van der Waals surface area contributed by atoms with Crippen molar-refractivity contribution < 1.29 is 28.7 Å². The van der Waals surface area contributed by atoms with Crippen LogP contribution in [-0.4, -0.2) is 111 Å². The van der Waals surface area contributed by atoms with Crippen LogP contribution < -0.4 is 26.0 Å². The zero-order valence-corrected chi connectivity index (χ0v) is 33.3. The number of fused-ring (bicyclic) bond motifs is 2. The molecule has 60 heavy (non-hydrogen) atoms. The molecule has 0 bridgehead atoms. The van der Waals surface area contributed by atoms with Crippen LogP contribution in [0, 0.1) is 11.3 Å². The van der Waals surface area contributed by atoms with Crippen molar-refractivity contribution in [3.63, 3.8) is 0 Å². The number of aliphatic imine (C=N–C) groups is 1. The largest absolute Gasteiger partial charge is 0.491 e. The normalized spacial score (nSPS) is 22.4. The molecule has 3 saturated heterocycles. The van der Waals surface area contributed by atoms with Crippen molar-refractivity contribution >= 4 is 58.5 Å². The van der Waals surface area contributed by atoms with Crippen LogP contribution >= 0.6 is 0 Å². The van der Waals surface area contributed by atoms with Gasteiger partial charge in [0.05, 0.1) is 35.7 Å². The molecule has 4 N–H and O–H groups in total. The third-order valence-electron chi connectivity index (χ3n) is 13.4. The summed E-state index contributed by atoms with van der Waals surface area (Å²) in [5.74, 6) is -1.22. The maximum Gasteiger partial charge on any atom is 0.262 e. The maximum absolute atomic E-state index is 13.4. The van der Waals surface area contributed by atoms with Crippen LogP contribution in [0.5, 0.6) is 5.75 Å². The Labute approximate surface area is 346 Å². The number of nitrogens with two attached hydrogens (primary N) is 1. The average molecular weight is 813 g/mol. The van der Waals surface area contributed by atoms with Crippen molar-refractivity contribution in [1.82, 2.24) is 29.7 Å². The minimum absolute atomic E-state index is 0.0951. The number of amides is 5. The lowest BCUT2D eigenvalue weighted by Crippen LogP contribution is -2.59. The topological polar surface area (TPSA) is 197 Å². The Morgan fingerprint density at radius 1 is 0.983 bits per heavy atom. The summed E-state index contributed by atoms with van der Waals surface area (Å²) in [5, 5.41) is 9.53. The van der Waals surface area contributed by atoms with Gasteiger partial charge in [0.1, 0.15) is 17.4 Å². The Bertz CT molecular complexity index is 2440. The Morgan fingerprint density at radius 3 is 2.53 bits per heavy atom. The first-order valence-corrected chi connectivity index (χ1v) is 21.2. The Hall–Kier alpha value is -6.16. The highest BCUT2D eigenvalue weighted by Gasteiger charge is 2.48. The first kappa shape index (κ1) is 38.1. The van der Waals surface area contributed by atoms with Gasteiger partial charge in [-0.15, -0.1) is 0 Å². The Morgan fingerprint density at radius 2 is 1.77 bits per heavy atom. The van der Waals surface area contributed by atoms with Crippen molar-refractivity contribution in [3.8, 4) is 5.75 Å².